The van der Waals surface area contributed by atoms with E-state index in [4.69, 9.17) is 11.6 Å². The minimum Gasteiger partial charge on any atom is -0.360 e. The molecule has 0 aliphatic carbocycles. The van der Waals surface area contributed by atoms with E-state index in [0.717, 1.165) is 5.39 Å². The predicted octanol–water partition coefficient (Wildman–Crippen LogP) is 2.99. The number of H-pyrrole nitrogens is 1. The van der Waals surface area contributed by atoms with Crippen LogP contribution in [0.4, 0.5) is 4.39 Å². The summed E-state index contributed by atoms with van der Waals surface area (Å²) >= 11 is 5.95. The molecule has 0 unspecified atom stereocenters. The van der Waals surface area contributed by atoms with Crippen molar-refractivity contribution in [3.8, 4) is 0 Å². The number of carbonyl (C=O) groups is 1. The largest absolute Gasteiger partial charge is 0.360 e. The van der Waals surface area contributed by atoms with Crippen LogP contribution in [0.3, 0.4) is 0 Å². The third-order valence-electron chi connectivity index (χ3n) is 2.60. The van der Waals surface area contributed by atoms with Crippen LogP contribution in [-0.2, 0) is 11.3 Å². The molecule has 0 aliphatic heterocycles. The van der Waals surface area contributed by atoms with Crippen LogP contribution in [0.15, 0.2) is 18.3 Å². The Hall–Kier alpha value is -1.55. The first-order chi connectivity index (χ1) is 8.11. The Kier molecular flexibility index (Phi) is 3.33. The monoisotopic (exact) mass is 254 g/mol. The first kappa shape index (κ1) is 11.9. The maximum Gasteiger partial charge on any atom is 0.219 e. The maximum atomic E-state index is 13.7. The second-order valence-corrected chi connectivity index (χ2v) is 4.16. The van der Waals surface area contributed by atoms with Crippen LogP contribution in [0.1, 0.15) is 18.9 Å². The number of amides is 1. The molecule has 0 aliphatic rings. The summed E-state index contributed by atoms with van der Waals surface area (Å²) < 4.78 is 13.7. The van der Waals surface area contributed by atoms with Crippen molar-refractivity contribution in [1.29, 1.82) is 0 Å². The van der Waals surface area contributed by atoms with Crippen LogP contribution in [0.5, 0.6) is 0 Å². The molecule has 0 bridgehead atoms. The summed E-state index contributed by atoms with van der Waals surface area (Å²) in [4.78, 5) is 14.0. The van der Waals surface area contributed by atoms with Crippen molar-refractivity contribution in [3.05, 3.63) is 34.7 Å². The van der Waals surface area contributed by atoms with E-state index in [0.29, 0.717) is 22.5 Å². The third kappa shape index (κ3) is 2.42. The fourth-order valence-corrected chi connectivity index (χ4v) is 1.82. The highest BCUT2D eigenvalue weighted by Gasteiger charge is 2.09. The van der Waals surface area contributed by atoms with Crippen molar-refractivity contribution in [2.75, 3.05) is 0 Å². The maximum absolute atomic E-state index is 13.7. The van der Waals surface area contributed by atoms with E-state index in [-0.39, 0.29) is 18.3 Å². The molecule has 17 heavy (non-hydrogen) atoms. The second kappa shape index (κ2) is 4.75. The van der Waals surface area contributed by atoms with Crippen molar-refractivity contribution >= 4 is 28.4 Å². The predicted molar refractivity (Wildman–Crippen MR) is 65.4 cm³/mol. The number of benzene rings is 1. The lowest BCUT2D eigenvalue weighted by Crippen LogP contribution is -2.21. The topological polar surface area (TPSA) is 44.9 Å². The van der Waals surface area contributed by atoms with E-state index in [1.807, 2.05) is 0 Å². The number of carbonyl (C=O) groups excluding carboxylic acids is 1. The van der Waals surface area contributed by atoms with Gasteiger partial charge in [0.05, 0.1) is 5.02 Å². The lowest BCUT2D eigenvalue weighted by Gasteiger charge is -2.05. The highest BCUT2D eigenvalue weighted by molar-refractivity contribution is 6.35. The van der Waals surface area contributed by atoms with Crippen LogP contribution in [0, 0.1) is 5.82 Å². The highest BCUT2D eigenvalue weighted by Crippen LogP contribution is 2.25. The molecular formula is C12H12ClFN2O. The molecule has 2 N–H and O–H groups in total. The number of nitrogens with one attached hydrogen (secondary N) is 2. The van der Waals surface area contributed by atoms with Crippen molar-refractivity contribution in [3.63, 3.8) is 0 Å². The normalized spacial score (nSPS) is 10.8. The summed E-state index contributed by atoms with van der Waals surface area (Å²) in [6.07, 6.45) is 1.99. The zero-order chi connectivity index (χ0) is 12.4. The van der Waals surface area contributed by atoms with Gasteiger partial charge in [0.2, 0.25) is 5.91 Å². The average molecular weight is 255 g/mol. The third-order valence-corrected chi connectivity index (χ3v) is 2.91. The smallest absolute Gasteiger partial charge is 0.219 e. The first-order valence-electron chi connectivity index (χ1n) is 5.33. The molecule has 2 aromatic rings. The molecule has 1 aromatic carbocycles. The number of hydrogen-bond acceptors (Lipinski definition) is 1. The van der Waals surface area contributed by atoms with Gasteiger partial charge >= 0.3 is 0 Å². The summed E-state index contributed by atoms with van der Waals surface area (Å²) in [5.41, 5.74) is 1.08. The molecular weight excluding hydrogens is 243 g/mol. The molecule has 1 aromatic heterocycles. The number of aromatic nitrogens is 1. The van der Waals surface area contributed by atoms with Gasteiger partial charge in [0.1, 0.15) is 5.82 Å². The van der Waals surface area contributed by atoms with Crippen LogP contribution in [0.2, 0.25) is 5.02 Å². The summed E-state index contributed by atoms with van der Waals surface area (Å²) in [5.74, 6) is -0.461. The van der Waals surface area contributed by atoms with E-state index < -0.39 is 0 Å². The van der Waals surface area contributed by atoms with Crippen molar-refractivity contribution in [1.82, 2.24) is 10.3 Å². The van der Waals surface area contributed by atoms with E-state index in [2.05, 4.69) is 10.3 Å². The summed E-state index contributed by atoms with van der Waals surface area (Å²) in [6, 6.07) is 3.04. The van der Waals surface area contributed by atoms with Gasteiger partial charge in [-0.1, -0.05) is 18.5 Å². The van der Waals surface area contributed by atoms with Crippen LogP contribution >= 0.6 is 11.6 Å². The molecule has 0 spiro atoms. The fraction of sp³-hybridized carbons (Fsp3) is 0.250. The first-order valence-corrected chi connectivity index (χ1v) is 5.71. The lowest BCUT2D eigenvalue weighted by molar-refractivity contribution is -0.120. The molecule has 0 saturated heterocycles. The second-order valence-electron chi connectivity index (χ2n) is 3.76. The Bertz CT molecular complexity index is 565. The van der Waals surface area contributed by atoms with Gasteiger partial charge in [-0.05, 0) is 12.1 Å². The van der Waals surface area contributed by atoms with Gasteiger partial charge in [-0.25, -0.2) is 4.39 Å². The number of rotatable bonds is 3. The van der Waals surface area contributed by atoms with Gasteiger partial charge < -0.3 is 10.3 Å². The van der Waals surface area contributed by atoms with E-state index in [1.54, 1.807) is 19.2 Å². The van der Waals surface area contributed by atoms with Crippen LogP contribution in [-0.4, -0.2) is 10.9 Å². The zero-order valence-corrected chi connectivity index (χ0v) is 10.1. The summed E-state index contributed by atoms with van der Waals surface area (Å²) in [7, 11) is 0. The quantitative estimate of drug-likeness (QED) is 0.869. The Morgan fingerprint density at radius 2 is 2.29 bits per heavy atom. The average Bonchev–Trinajstić information content (AvgIpc) is 2.67. The minimum absolute atomic E-state index is 0.107. The molecule has 0 saturated carbocycles. The van der Waals surface area contributed by atoms with Crippen LogP contribution < -0.4 is 5.32 Å². The van der Waals surface area contributed by atoms with Crippen LogP contribution in [0.25, 0.3) is 10.9 Å². The Morgan fingerprint density at radius 3 is 3.00 bits per heavy atom. The Labute approximate surface area is 103 Å². The molecule has 90 valence electrons. The SMILES string of the molecule is CCC(=O)NCc1cc2c(Cl)c[nH]c2cc1F. The van der Waals surface area contributed by atoms with Gasteiger partial charge in [-0.2, -0.15) is 0 Å². The fourth-order valence-electron chi connectivity index (χ4n) is 1.61. The van der Waals surface area contributed by atoms with Crippen molar-refractivity contribution in [2.45, 2.75) is 19.9 Å². The van der Waals surface area contributed by atoms with Gasteiger partial charge in [-0.15, -0.1) is 0 Å². The Balaban J connectivity index is 2.30. The summed E-state index contributed by atoms with van der Waals surface area (Å²) in [5, 5.41) is 3.94. The van der Waals surface area contributed by atoms with Gasteiger partial charge in [0, 0.05) is 35.6 Å². The lowest BCUT2D eigenvalue weighted by atomic mass is 10.1. The van der Waals surface area contributed by atoms with Crippen molar-refractivity contribution in [2.24, 2.45) is 0 Å². The molecule has 0 radical (unpaired) electrons. The number of halogens is 2. The molecule has 2 rings (SSSR count). The zero-order valence-electron chi connectivity index (χ0n) is 9.31. The molecule has 3 nitrogen and oxygen atoms in total. The Morgan fingerprint density at radius 1 is 1.53 bits per heavy atom. The molecule has 0 atom stereocenters. The molecule has 1 amide bonds. The van der Waals surface area contributed by atoms with Crippen molar-refractivity contribution < 1.29 is 9.18 Å². The number of aromatic amines is 1. The van der Waals surface area contributed by atoms with E-state index >= 15 is 0 Å². The molecule has 1 heterocycles. The highest BCUT2D eigenvalue weighted by atomic mass is 35.5. The number of fused-ring (bicyclic) bond motifs is 1. The van der Waals surface area contributed by atoms with E-state index in [1.165, 1.54) is 6.07 Å². The summed E-state index contributed by atoms with van der Waals surface area (Å²) in [6.45, 7) is 1.92. The van der Waals surface area contributed by atoms with Gasteiger partial charge in [0.25, 0.3) is 0 Å². The number of hydrogen-bond donors (Lipinski definition) is 2. The minimum atomic E-state index is -0.354. The molecule has 5 heteroatoms. The molecule has 0 fully saturated rings. The van der Waals surface area contributed by atoms with E-state index in [9.17, 15) is 9.18 Å². The van der Waals surface area contributed by atoms with Gasteiger partial charge in [0.15, 0.2) is 0 Å². The standard InChI is InChI=1S/C12H12ClFN2O/c1-2-12(17)16-5-7-3-8-9(13)6-15-11(8)4-10(7)14/h3-4,6,15H,2,5H2,1H3,(H,16,17). The van der Waals surface area contributed by atoms with Gasteiger partial charge in [-0.3, -0.25) is 4.79 Å².